The number of guanidine groups is 1. The van der Waals surface area contributed by atoms with Crippen LogP contribution in [0.3, 0.4) is 0 Å². The minimum Gasteiger partial charge on any atom is -0.480 e. The summed E-state index contributed by atoms with van der Waals surface area (Å²) in [5.74, 6) is -3.05. The number of nitrogens with two attached hydrogens (primary N) is 4. The Morgan fingerprint density at radius 2 is 1.74 bits per heavy atom. The number of hydrogen-bond donors (Lipinski definition) is 8. The van der Waals surface area contributed by atoms with Gasteiger partial charge in [-0.2, -0.15) is 0 Å². The Kier molecular flexibility index (Phi) is 13.0. The minimum absolute atomic E-state index is 0.105. The van der Waals surface area contributed by atoms with E-state index in [1.807, 2.05) is 0 Å². The number of likely N-dealkylation sites (tertiary alicyclic amines) is 1. The molecule has 0 radical (unpaired) electrons. The third-order valence-corrected chi connectivity index (χ3v) is 5.78. The zero-order valence-electron chi connectivity index (χ0n) is 20.2. The van der Waals surface area contributed by atoms with E-state index in [-0.39, 0.29) is 31.9 Å². The minimum atomic E-state index is -1.22. The van der Waals surface area contributed by atoms with Crippen LogP contribution in [-0.2, 0) is 19.2 Å². The molecule has 1 rings (SSSR count). The zero-order valence-corrected chi connectivity index (χ0v) is 20.2. The van der Waals surface area contributed by atoms with E-state index in [1.54, 1.807) is 0 Å². The molecule has 14 heteroatoms. The van der Waals surface area contributed by atoms with E-state index in [9.17, 15) is 29.4 Å². The molecule has 0 spiro atoms. The SMILES string of the molecule is CC(O)C(N)C(=O)NC(CCCCN)C(=O)N1CCC[C@H]1C(=O)NC(CCCN=C(N)N)C(=O)O. The van der Waals surface area contributed by atoms with Crippen LogP contribution in [0.2, 0.25) is 0 Å². The number of nitrogens with one attached hydrogen (secondary N) is 2. The normalized spacial score (nSPS) is 18.7. The quantitative estimate of drug-likeness (QED) is 0.0639. The number of hydrogen-bond acceptors (Lipinski definition) is 8. The Morgan fingerprint density at radius 3 is 2.31 bits per heavy atom. The molecule has 1 aliphatic rings. The van der Waals surface area contributed by atoms with Crippen LogP contribution in [0.5, 0.6) is 0 Å². The topological polar surface area (TPSA) is 252 Å². The van der Waals surface area contributed by atoms with Crippen LogP contribution >= 0.6 is 0 Å². The van der Waals surface area contributed by atoms with Gasteiger partial charge < -0.3 is 48.7 Å². The number of aliphatic carboxylic acids is 1. The number of carboxylic acid groups (broad SMARTS) is 1. The van der Waals surface area contributed by atoms with Gasteiger partial charge in [0, 0.05) is 13.1 Å². The van der Waals surface area contributed by atoms with Crippen molar-refractivity contribution in [3.05, 3.63) is 0 Å². The van der Waals surface area contributed by atoms with Crippen molar-refractivity contribution in [2.45, 2.75) is 82.1 Å². The number of aliphatic hydroxyl groups is 1. The van der Waals surface area contributed by atoms with Crippen molar-refractivity contribution in [2.24, 2.45) is 27.9 Å². The first-order chi connectivity index (χ1) is 16.5. The van der Waals surface area contributed by atoms with Crippen molar-refractivity contribution in [3.63, 3.8) is 0 Å². The number of aliphatic hydroxyl groups excluding tert-OH is 1. The lowest BCUT2D eigenvalue weighted by atomic mass is 10.1. The van der Waals surface area contributed by atoms with E-state index in [4.69, 9.17) is 22.9 Å². The van der Waals surface area contributed by atoms with Crippen molar-refractivity contribution in [1.29, 1.82) is 0 Å². The predicted octanol–water partition coefficient (Wildman–Crippen LogP) is -3.08. The summed E-state index contributed by atoms with van der Waals surface area (Å²) in [5, 5.41) is 24.2. The molecule has 1 heterocycles. The Bertz CT molecular complexity index is 758. The van der Waals surface area contributed by atoms with Gasteiger partial charge in [-0.25, -0.2) is 4.79 Å². The molecule has 0 aliphatic carbocycles. The molecule has 1 aliphatic heterocycles. The van der Waals surface area contributed by atoms with Crippen LogP contribution in [0.1, 0.15) is 51.9 Å². The lowest BCUT2D eigenvalue weighted by molar-refractivity contribution is -0.145. The summed E-state index contributed by atoms with van der Waals surface area (Å²) in [4.78, 5) is 55.4. The number of carbonyl (C=O) groups is 4. The van der Waals surface area contributed by atoms with E-state index in [0.29, 0.717) is 38.6 Å². The number of carboxylic acids is 1. The number of nitrogens with zero attached hydrogens (tertiary/aromatic N) is 2. The maximum absolute atomic E-state index is 13.3. The average Bonchev–Trinajstić information content (AvgIpc) is 3.29. The summed E-state index contributed by atoms with van der Waals surface area (Å²) >= 11 is 0. The molecule has 35 heavy (non-hydrogen) atoms. The molecule has 4 unspecified atom stereocenters. The highest BCUT2D eigenvalue weighted by Gasteiger charge is 2.39. The average molecular weight is 501 g/mol. The van der Waals surface area contributed by atoms with Crippen LogP contribution in [-0.4, -0.2) is 94.7 Å². The first-order valence-electron chi connectivity index (χ1n) is 11.8. The van der Waals surface area contributed by atoms with E-state index in [1.165, 1.54) is 11.8 Å². The maximum Gasteiger partial charge on any atom is 0.326 e. The van der Waals surface area contributed by atoms with Gasteiger partial charge in [-0.05, 0) is 58.4 Å². The predicted molar refractivity (Wildman–Crippen MR) is 129 cm³/mol. The summed E-state index contributed by atoms with van der Waals surface area (Å²) < 4.78 is 0. The molecule has 0 saturated carbocycles. The second-order valence-corrected chi connectivity index (χ2v) is 8.65. The first kappa shape index (κ1) is 30.1. The van der Waals surface area contributed by atoms with Crippen molar-refractivity contribution >= 4 is 29.7 Å². The van der Waals surface area contributed by atoms with Crippen LogP contribution in [0, 0.1) is 0 Å². The summed E-state index contributed by atoms with van der Waals surface area (Å²) in [6, 6.07) is -4.21. The fourth-order valence-corrected chi connectivity index (χ4v) is 3.77. The monoisotopic (exact) mass is 500 g/mol. The van der Waals surface area contributed by atoms with Crippen molar-refractivity contribution in [1.82, 2.24) is 15.5 Å². The van der Waals surface area contributed by atoms with Crippen molar-refractivity contribution in [2.75, 3.05) is 19.6 Å². The van der Waals surface area contributed by atoms with Crippen LogP contribution in [0.15, 0.2) is 4.99 Å². The lowest BCUT2D eigenvalue weighted by Crippen LogP contribution is -2.57. The van der Waals surface area contributed by atoms with Gasteiger partial charge in [-0.3, -0.25) is 19.4 Å². The Labute approximate surface area is 204 Å². The molecule has 1 fully saturated rings. The molecular weight excluding hydrogens is 460 g/mol. The maximum atomic E-state index is 13.3. The molecule has 5 atom stereocenters. The third-order valence-electron chi connectivity index (χ3n) is 5.78. The van der Waals surface area contributed by atoms with E-state index in [0.717, 1.165) is 0 Å². The lowest BCUT2D eigenvalue weighted by Gasteiger charge is -2.30. The second-order valence-electron chi connectivity index (χ2n) is 8.65. The van der Waals surface area contributed by atoms with E-state index >= 15 is 0 Å². The zero-order chi connectivity index (χ0) is 26.5. The molecule has 0 bridgehead atoms. The highest BCUT2D eigenvalue weighted by Crippen LogP contribution is 2.20. The standard InChI is InChI=1S/C21H40N8O6/c1-12(30)16(23)18(32)27-13(6-2-3-9-22)19(33)29-11-5-8-15(29)17(31)28-14(20(34)35)7-4-10-26-21(24)25/h12-16,30H,2-11,22-23H2,1H3,(H,27,32)(H,28,31)(H,34,35)(H4,24,25,26)/t12?,13?,14?,15-,16?/m0/s1. The molecular formula is C21H40N8O6. The molecule has 1 saturated heterocycles. The summed E-state index contributed by atoms with van der Waals surface area (Å²) in [5.41, 5.74) is 21.7. The molecule has 0 aromatic heterocycles. The van der Waals surface area contributed by atoms with Crippen molar-refractivity contribution in [3.8, 4) is 0 Å². The highest BCUT2D eigenvalue weighted by molar-refractivity contribution is 5.94. The fourth-order valence-electron chi connectivity index (χ4n) is 3.77. The number of carbonyl (C=O) groups excluding carboxylic acids is 3. The van der Waals surface area contributed by atoms with E-state index in [2.05, 4.69) is 15.6 Å². The Hall–Kier alpha value is -2.97. The fraction of sp³-hybridized carbons (Fsp3) is 0.762. The van der Waals surface area contributed by atoms with Crippen LogP contribution in [0.25, 0.3) is 0 Å². The molecule has 200 valence electrons. The molecule has 3 amide bonds. The molecule has 14 nitrogen and oxygen atoms in total. The summed E-state index contributed by atoms with van der Waals surface area (Å²) in [6.45, 7) is 2.28. The van der Waals surface area contributed by atoms with Gasteiger partial charge in [0.15, 0.2) is 5.96 Å². The van der Waals surface area contributed by atoms with Gasteiger partial charge in [0.1, 0.15) is 24.2 Å². The Morgan fingerprint density at radius 1 is 1.09 bits per heavy atom. The van der Waals surface area contributed by atoms with Gasteiger partial charge in [-0.15, -0.1) is 0 Å². The number of unbranched alkanes of at least 4 members (excludes halogenated alkanes) is 1. The number of rotatable bonds is 15. The second kappa shape index (κ2) is 15.1. The highest BCUT2D eigenvalue weighted by atomic mass is 16.4. The van der Waals surface area contributed by atoms with Crippen molar-refractivity contribution < 1.29 is 29.4 Å². The summed E-state index contributed by atoms with van der Waals surface area (Å²) in [7, 11) is 0. The van der Waals surface area contributed by atoms with Gasteiger partial charge in [0.25, 0.3) is 0 Å². The molecule has 0 aromatic rings. The largest absolute Gasteiger partial charge is 0.480 e. The molecule has 0 aromatic carbocycles. The third kappa shape index (κ3) is 10.0. The Balaban J connectivity index is 2.90. The van der Waals surface area contributed by atoms with Crippen LogP contribution < -0.4 is 33.6 Å². The number of amides is 3. The van der Waals surface area contributed by atoms with E-state index < -0.39 is 54.0 Å². The molecule has 12 N–H and O–H groups in total. The van der Waals surface area contributed by atoms with Gasteiger partial charge in [0.05, 0.1) is 6.10 Å². The van der Waals surface area contributed by atoms with Gasteiger partial charge in [-0.1, -0.05) is 0 Å². The smallest absolute Gasteiger partial charge is 0.326 e. The van der Waals surface area contributed by atoms with Gasteiger partial charge in [0.2, 0.25) is 17.7 Å². The number of aliphatic imine (C=N–C) groups is 1. The van der Waals surface area contributed by atoms with Crippen LogP contribution in [0.4, 0.5) is 0 Å². The first-order valence-corrected chi connectivity index (χ1v) is 11.8. The summed E-state index contributed by atoms with van der Waals surface area (Å²) in [6.07, 6.45) is 1.69. The van der Waals surface area contributed by atoms with Gasteiger partial charge >= 0.3 is 5.97 Å².